The van der Waals surface area contributed by atoms with E-state index < -0.39 is 11.9 Å². The lowest BCUT2D eigenvalue weighted by Gasteiger charge is -2.26. The number of carboxylic acid groups (broad SMARTS) is 1. The molecule has 1 aliphatic rings. The Bertz CT molecular complexity index is 897. The van der Waals surface area contributed by atoms with Gasteiger partial charge in [-0.3, -0.25) is 9.59 Å². The van der Waals surface area contributed by atoms with Crippen molar-refractivity contribution in [1.29, 1.82) is 0 Å². The summed E-state index contributed by atoms with van der Waals surface area (Å²) in [6, 6.07) is 13.0. The topological polar surface area (TPSA) is 57.6 Å². The van der Waals surface area contributed by atoms with Crippen LogP contribution in [0.3, 0.4) is 0 Å². The molecule has 1 amide bonds. The maximum atomic E-state index is 13.3. The lowest BCUT2D eigenvalue weighted by Crippen LogP contribution is -2.39. The number of benzene rings is 2. The largest absolute Gasteiger partial charge is 0.480 e. The van der Waals surface area contributed by atoms with E-state index in [0.717, 1.165) is 16.7 Å². The fraction of sp³-hybridized carbons (Fsp3) is 0.364. The molecule has 0 fully saturated rings. The molecule has 2 aromatic carbocycles. The van der Waals surface area contributed by atoms with Gasteiger partial charge in [-0.05, 0) is 47.2 Å². The Hall–Kier alpha value is -2.04. The lowest BCUT2D eigenvalue weighted by molar-refractivity contribution is -0.145. The molecule has 148 valence electrons. The first-order valence-electron chi connectivity index (χ1n) is 9.32. The van der Waals surface area contributed by atoms with E-state index in [0.29, 0.717) is 16.5 Å². The zero-order valence-electron chi connectivity index (χ0n) is 15.9. The number of carbonyl (C=O) groups is 2. The summed E-state index contributed by atoms with van der Waals surface area (Å²) >= 11 is 12.8. The average Bonchev–Trinajstić information content (AvgIpc) is 2.72. The summed E-state index contributed by atoms with van der Waals surface area (Å²) in [5.41, 5.74) is 2.70. The summed E-state index contributed by atoms with van der Waals surface area (Å²) in [7, 11) is 0. The molecule has 0 unspecified atom stereocenters. The zero-order chi connectivity index (χ0) is 20.4. The maximum Gasteiger partial charge on any atom is 0.323 e. The van der Waals surface area contributed by atoms with Crippen LogP contribution in [0.15, 0.2) is 42.5 Å². The van der Waals surface area contributed by atoms with Crippen molar-refractivity contribution in [2.45, 2.75) is 32.1 Å². The third-order valence-corrected chi connectivity index (χ3v) is 5.71. The second-order valence-corrected chi connectivity index (χ2v) is 8.49. The van der Waals surface area contributed by atoms with Crippen LogP contribution in [0.25, 0.3) is 0 Å². The molecule has 0 saturated heterocycles. The monoisotopic (exact) mass is 419 g/mol. The van der Waals surface area contributed by atoms with Crippen molar-refractivity contribution >= 4 is 35.1 Å². The SMILES string of the molecule is CC(C)C[C@H]1C(=O)N(CC(=O)O)C[C@H](c2ccccc2Cl)c2cc(Cl)ccc21. The molecule has 2 aromatic rings. The summed E-state index contributed by atoms with van der Waals surface area (Å²) in [6.07, 6.45) is 0.638. The predicted octanol–water partition coefficient (Wildman–Crippen LogP) is 5.18. The van der Waals surface area contributed by atoms with E-state index in [9.17, 15) is 14.7 Å². The molecule has 0 spiro atoms. The molecule has 0 saturated carbocycles. The second-order valence-electron chi connectivity index (χ2n) is 7.64. The normalized spacial score (nSPS) is 19.5. The van der Waals surface area contributed by atoms with Crippen LogP contribution >= 0.6 is 23.2 Å². The summed E-state index contributed by atoms with van der Waals surface area (Å²) in [4.78, 5) is 26.2. The Morgan fingerprint density at radius 3 is 2.50 bits per heavy atom. The standard InChI is InChI=1S/C22H23Cl2NO3/c1-13(2)9-18-15-8-7-14(23)10-17(15)19(16-5-3-4-6-20(16)24)11-25(22(18)28)12-21(26)27/h3-8,10,13,18-19H,9,11-12H2,1-2H3,(H,26,27)/t18-,19-/m1/s1. The molecule has 2 atom stereocenters. The number of nitrogens with zero attached hydrogens (tertiary/aromatic N) is 1. The molecule has 3 rings (SSSR count). The first kappa shape index (κ1) is 20.7. The van der Waals surface area contributed by atoms with Crippen molar-refractivity contribution in [3.8, 4) is 0 Å². The number of hydrogen-bond acceptors (Lipinski definition) is 2. The second kappa shape index (κ2) is 8.54. The van der Waals surface area contributed by atoms with Gasteiger partial charge in [-0.1, -0.05) is 61.3 Å². The van der Waals surface area contributed by atoms with Gasteiger partial charge >= 0.3 is 5.97 Å². The first-order chi connectivity index (χ1) is 13.3. The number of fused-ring (bicyclic) bond motifs is 1. The Labute approximate surface area is 175 Å². The van der Waals surface area contributed by atoms with Gasteiger partial charge < -0.3 is 10.0 Å². The van der Waals surface area contributed by atoms with Crippen LogP contribution in [0.5, 0.6) is 0 Å². The molecule has 1 aliphatic heterocycles. The zero-order valence-corrected chi connectivity index (χ0v) is 17.4. The molecule has 0 bridgehead atoms. The van der Waals surface area contributed by atoms with Crippen molar-refractivity contribution < 1.29 is 14.7 Å². The molecule has 0 aromatic heterocycles. The molecule has 4 nitrogen and oxygen atoms in total. The first-order valence-corrected chi connectivity index (χ1v) is 10.1. The Kier molecular flexibility index (Phi) is 6.31. The Morgan fingerprint density at radius 2 is 1.86 bits per heavy atom. The van der Waals surface area contributed by atoms with Gasteiger partial charge in [-0.25, -0.2) is 0 Å². The van der Waals surface area contributed by atoms with E-state index in [2.05, 4.69) is 13.8 Å². The van der Waals surface area contributed by atoms with Crippen LogP contribution < -0.4 is 0 Å². The van der Waals surface area contributed by atoms with Crippen LogP contribution in [0.2, 0.25) is 10.0 Å². The smallest absolute Gasteiger partial charge is 0.323 e. The summed E-state index contributed by atoms with van der Waals surface area (Å²) in [5.74, 6) is -1.56. The number of carboxylic acids is 1. The molecule has 0 aliphatic carbocycles. The van der Waals surface area contributed by atoms with Gasteiger partial charge in [0.25, 0.3) is 0 Å². The Morgan fingerprint density at radius 1 is 1.14 bits per heavy atom. The molecular weight excluding hydrogens is 397 g/mol. The summed E-state index contributed by atoms with van der Waals surface area (Å²) in [6.45, 7) is 4.02. The number of amides is 1. The highest BCUT2D eigenvalue weighted by molar-refractivity contribution is 6.31. The molecule has 1 heterocycles. The van der Waals surface area contributed by atoms with Gasteiger partial charge in [-0.15, -0.1) is 0 Å². The van der Waals surface area contributed by atoms with Gasteiger partial charge in [0.2, 0.25) is 5.91 Å². The highest BCUT2D eigenvalue weighted by Crippen LogP contribution is 2.41. The number of aliphatic carboxylic acids is 1. The number of hydrogen-bond donors (Lipinski definition) is 1. The van der Waals surface area contributed by atoms with Crippen LogP contribution in [0, 0.1) is 5.92 Å². The molecule has 0 radical (unpaired) electrons. The van der Waals surface area contributed by atoms with Gasteiger partial charge in [-0.2, -0.15) is 0 Å². The average molecular weight is 420 g/mol. The van der Waals surface area contributed by atoms with Crippen LogP contribution in [0.4, 0.5) is 0 Å². The highest BCUT2D eigenvalue weighted by Gasteiger charge is 2.37. The van der Waals surface area contributed by atoms with Gasteiger partial charge in [0.05, 0.1) is 5.92 Å². The van der Waals surface area contributed by atoms with Crippen molar-refractivity contribution in [3.63, 3.8) is 0 Å². The van der Waals surface area contributed by atoms with E-state index in [-0.39, 0.29) is 30.8 Å². The fourth-order valence-electron chi connectivity index (χ4n) is 3.96. The third-order valence-electron chi connectivity index (χ3n) is 5.13. The number of halogens is 2. The highest BCUT2D eigenvalue weighted by atomic mass is 35.5. The van der Waals surface area contributed by atoms with Crippen LogP contribution in [-0.2, 0) is 9.59 Å². The predicted molar refractivity (Wildman–Crippen MR) is 111 cm³/mol. The summed E-state index contributed by atoms with van der Waals surface area (Å²) < 4.78 is 0. The van der Waals surface area contributed by atoms with Crippen molar-refractivity contribution in [1.82, 2.24) is 4.90 Å². The minimum absolute atomic E-state index is 0.158. The number of carbonyl (C=O) groups excluding carboxylic acids is 1. The van der Waals surface area contributed by atoms with Gasteiger partial charge in [0, 0.05) is 22.5 Å². The molecular formula is C22H23Cl2NO3. The molecule has 28 heavy (non-hydrogen) atoms. The van der Waals surface area contributed by atoms with Crippen molar-refractivity contribution in [2.24, 2.45) is 5.92 Å². The maximum absolute atomic E-state index is 13.3. The van der Waals surface area contributed by atoms with E-state index in [1.54, 1.807) is 12.1 Å². The van der Waals surface area contributed by atoms with E-state index in [1.165, 1.54) is 4.90 Å². The van der Waals surface area contributed by atoms with Crippen LogP contribution in [-0.4, -0.2) is 35.0 Å². The minimum Gasteiger partial charge on any atom is -0.480 e. The van der Waals surface area contributed by atoms with E-state index >= 15 is 0 Å². The van der Waals surface area contributed by atoms with Crippen molar-refractivity contribution in [3.05, 3.63) is 69.2 Å². The quantitative estimate of drug-likeness (QED) is 0.725. The number of rotatable bonds is 5. The van der Waals surface area contributed by atoms with Gasteiger partial charge in [0.15, 0.2) is 0 Å². The molecule has 1 N–H and O–H groups in total. The Balaban J connectivity index is 2.20. The van der Waals surface area contributed by atoms with Crippen molar-refractivity contribution in [2.75, 3.05) is 13.1 Å². The third kappa shape index (κ3) is 4.34. The van der Waals surface area contributed by atoms with E-state index in [1.807, 2.05) is 30.3 Å². The summed E-state index contributed by atoms with van der Waals surface area (Å²) in [5, 5.41) is 10.5. The minimum atomic E-state index is -1.03. The fourth-order valence-corrected chi connectivity index (χ4v) is 4.40. The lowest BCUT2D eigenvalue weighted by atomic mass is 9.82. The van der Waals surface area contributed by atoms with E-state index in [4.69, 9.17) is 23.2 Å². The molecule has 6 heteroatoms. The van der Waals surface area contributed by atoms with Crippen LogP contribution in [0.1, 0.15) is 48.8 Å². The van der Waals surface area contributed by atoms with Gasteiger partial charge in [0.1, 0.15) is 6.54 Å².